The Hall–Kier alpha value is -3.19. The van der Waals surface area contributed by atoms with Crippen LogP contribution in [0.15, 0.2) is 24.5 Å². The highest BCUT2D eigenvalue weighted by atomic mass is 16.6. The number of anilines is 2. The monoisotopic (exact) mass is 418 g/mol. The summed E-state index contributed by atoms with van der Waals surface area (Å²) in [7, 11) is 0. The van der Waals surface area contributed by atoms with E-state index >= 15 is 0 Å². The molecule has 8 N–H and O–H groups in total. The van der Waals surface area contributed by atoms with Gasteiger partial charge in [0.25, 0.3) is 0 Å². The number of aliphatic hydroxyl groups is 3. The zero-order valence-corrected chi connectivity index (χ0v) is 15.8. The minimum Gasteiger partial charge on any atom is -0.504 e. The Morgan fingerprint density at radius 3 is 2.63 bits per heavy atom. The van der Waals surface area contributed by atoms with Gasteiger partial charge in [0.05, 0.1) is 12.9 Å². The van der Waals surface area contributed by atoms with E-state index in [2.05, 4.69) is 20.3 Å². The predicted molar refractivity (Wildman–Crippen MR) is 105 cm³/mol. The third-order valence-electron chi connectivity index (χ3n) is 4.98. The number of benzene rings is 1. The predicted octanol–water partition coefficient (Wildman–Crippen LogP) is -0.914. The van der Waals surface area contributed by atoms with Crippen LogP contribution in [0.3, 0.4) is 0 Å². The van der Waals surface area contributed by atoms with E-state index in [0.29, 0.717) is 29.9 Å². The Bertz CT molecular complexity index is 1060. The lowest BCUT2D eigenvalue weighted by atomic mass is 10.1. The van der Waals surface area contributed by atoms with Crippen LogP contribution < -0.4 is 11.1 Å². The summed E-state index contributed by atoms with van der Waals surface area (Å²) in [5.41, 5.74) is 7.31. The first-order valence-corrected chi connectivity index (χ1v) is 9.26. The molecule has 1 aliphatic rings. The fourth-order valence-electron chi connectivity index (χ4n) is 3.40. The fraction of sp³-hybridized carbons (Fsp3) is 0.389. The first-order chi connectivity index (χ1) is 14.4. The highest BCUT2D eigenvalue weighted by Crippen LogP contribution is 2.32. The number of hydrogen-bond donors (Lipinski definition) is 7. The zero-order chi connectivity index (χ0) is 21.4. The van der Waals surface area contributed by atoms with Gasteiger partial charge in [-0.25, -0.2) is 4.98 Å². The van der Waals surface area contributed by atoms with Gasteiger partial charge in [-0.15, -0.1) is 0 Å². The molecule has 1 aliphatic heterocycles. The standard InChI is InChI=1S/C18H22N6O6/c19-18-22-15(20-4-3-8-1-2-9(26)10(27)5-8)12-16(23-18)24(7-21-12)17-14(29)13(28)11(6-25)30-17/h1-2,5,7,11,13-14,17,25-29H,3-4,6H2,(H3,19,20,22,23)/t11-,13-,14-,17-/m1/s1. The molecule has 0 unspecified atom stereocenters. The number of ether oxygens (including phenoxy) is 1. The molecule has 12 heteroatoms. The van der Waals surface area contributed by atoms with Crippen molar-refractivity contribution in [2.45, 2.75) is 31.0 Å². The number of nitrogens with one attached hydrogen (secondary N) is 1. The summed E-state index contributed by atoms with van der Waals surface area (Å²) in [6, 6.07) is 4.57. The van der Waals surface area contributed by atoms with Crippen molar-refractivity contribution < 1.29 is 30.3 Å². The molecule has 1 saturated heterocycles. The number of rotatable bonds is 6. The van der Waals surface area contributed by atoms with Crippen molar-refractivity contribution in [1.29, 1.82) is 0 Å². The highest BCUT2D eigenvalue weighted by molar-refractivity contribution is 5.84. The number of phenols is 2. The molecule has 3 aromatic rings. The van der Waals surface area contributed by atoms with Gasteiger partial charge in [-0.2, -0.15) is 9.97 Å². The maximum atomic E-state index is 10.3. The molecule has 1 fully saturated rings. The molecule has 3 heterocycles. The van der Waals surface area contributed by atoms with Crippen molar-refractivity contribution in [3.8, 4) is 11.5 Å². The normalized spacial score (nSPS) is 23.8. The molecule has 0 bridgehead atoms. The van der Waals surface area contributed by atoms with Crippen LogP contribution in [0.25, 0.3) is 11.2 Å². The first kappa shape index (κ1) is 20.1. The van der Waals surface area contributed by atoms with E-state index in [-0.39, 0.29) is 17.4 Å². The van der Waals surface area contributed by atoms with Crippen LogP contribution in [-0.2, 0) is 11.2 Å². The van der Waals surface area contributed by atoms with Gasteiger partial charge in [-0.1, -0.05) is 6.07 Å². The second-order valence-electron chi connectivity index (χ2n) is 6.98. The SMILES string of the molecule is Nc1nc(NCCc2ccc(O)c(O)c2)c2ncn([C@@H]3O[C@H](CO)[C@@H](O)[C@H]3O)c2n1. The second kappa shape index (κ2) is 7.91. The number of nitrogen functional groups attached to an aromatic ring is 1. The minimum absolute atomic E-state index is 0.0271. The average molecular weight is 418 g/mol. The summed E-state index contributed by atoms with van der Waals surface area (Å²) in [6.07, 6.45) is -2.55. The first-order valence-electron chi connectivity index (χ1n) is 9.26. The maximum Gasteiger partial charge on any atom is 0.224 e. The van der Waals surface area contributed by atoms with E-state index in [0.717, 1.165) is 5.56 Å². The molecule has 12 nitrogen and oxygen atoms in total. The van der Waals surface area contributed by atoms with Gasteiger partial charge >= 0.3 is 0 Å². The number of aromatic nitrogens is 4. The summed E-state index contributed by atoms with van der Waals surface area (Å²) in [5, 5.41) is 51.7. The van der Waals surface area contributed by atoms with Gasteiger partial charge in [-0.3, -0.25) is 4.57 Å². The lowest BCUT2D eigenvalue weighted by molar-refractivity contribution is -0.0511. The van der Waals surface area contributed by atoms with Crippen molar-refractivity contribution in [2.75, 3.05) is 24.2 Å². The number of nitrogens with zero attached hydrogens (tertiary/aromatic N) is 4. The maximum absolute atomic E-state index is 10.3. The zero-order valence-electron chi connectivity index (χ0n) is 15.8. The van der Waals surface area contributed by atoms with Crippen molar-refractivity contribution in [3.63, 3.8) is 0 Å². The average Bonchev–Trinajstić information content (AvgIpc) is 3.25. The van der Waals surface area contributed by atoms with Crippen LogP contribution in [-0.4, -0.2) is 76.5 Å². The molecular formula is C18H22N6O6. The summed E-state index contributed by atoms with van der Waals surface area (Å²) < 4.78 is 6.97. The third kappa shape index (κ3) is 3.57. The molecule has 160 valence electrons. The second-order valence-corrected chi connectivity index (χ2v) is 6.98. The van der Waals surface area contributed by atoms with Crippen LogP contribution in [0.1, 0.15) is 11.8 Å². The van der Waals surface area contributed by atoms with Gasteiger partial charge in [0.15, 0.2) is 34.7 Å². The summed E-state index contributed by atoms with van der Waals surface area (Å²) in [4.78, 5) is 12.6. The minimum atomic E-state index is -1.28. The lowest BCUT2D eigenvalue weighted by Gasteiger charge is -2.16. The van der Waals surface area contributed by atoms with Crippen LogP contribution in [0.4, 0.5) is 11.8 Å². The van der Waals surface area contributed by atoms with Gasteiger partial charge < -0.3 is 41.3 Å². The molecule has 1 aromatic carbocycles. The van der Waals surface area contributed by atoms with Crippen LogP contribution in [0.5, 0.6) is 11.5 Å². The number of aliphatic hydroxyl groups excluding tert-OH is 3. The van der Waals surface area contributed by atoms with E-state index in [1.807, 2.05) is 0 Å². The fourth-order valence-corrected chi connectivity index (χ4v) is 3.40. The lowest BCUT2D eigenvalue weighted by Crippen LogP contribution is -2.33. The van der Waals surface area contributed by atoms with E-state index in [9.17, 15) is 25.5 Å². The Balaban J connectivity index is 1.56. The smallest absolute Gasteiger partial charge is 0.224 e. The molecule has 2 aromatic heterocycles. The van der Waals surface area contributed by atoms with Gasteiger partial charge in [0.1, 0.15) is 18.3 Å². The molecule has 30 heavy (non-hydrogen) atoms. The Morgan fingerprint density at radius 1 is 1.13 bits per heavy atom. The molecule has 0 saturated carbocycles. The van der Waals surface area contributed by atoms with E-state index in [1.165, 1.54) is 23.0 Å². The molecule has 0 aliphatic carbocycles. The molecule has 4 rings (SSSR count). The summed E-state index contributed by atoms with van der Waals surface area (Å²) >= 11 is 0. The molecule has 0 radical (unpaired) electrons. The number of imidazole rings is 1. The Kier molecular flexibility index (Phi) is 5.30. The van der Waals surface area contributed by atoms with E-state index in [4.69, 9.17) is 10.5 Å². The third-order valence-corrected chi connectivity index (χ3v) is 4.98. The number of phenolic OH excluding ortho intramolecular Hbond substituents is 2. The van der Waals surface area contributed by atoms with Crippen molar-refractivity contribution in [1.82, 2.24) is 19.5 Å². The van der Waals surface area contributed by atoms with E-state index < -0.39 is 31.1 Å². The van der Waals surface area contributed by atoms with E-state index in [1.54, 1.807) is 6.07 Å². The van der Waals surface area contributed by atoms with Crippen LogP contribution >= 0.6 is 0 Å². The Labute approximate surface area is 170 Å². The number of fused-ring (bicyclic) bond motifs is 1. The summed E-state index contributed by atoms with van der Waals surface area (Å²) in [5.74, 6) is -0.0439. The van der Waals surface area contributed by atoms with Crippen molar-refractivity contribution >= 4 is 22.9 Å². The van der Waals surface area contributed by atoms with Gasteiger partial charge in [0, 0.05) is 6.54 Å². The molecule has 0 amide bonds. The molecular weight excluding hydrogens is 396 g/mol. The summed E-state index contributed by atoms with van der Waals surface area (Å²) in [6.45, 7) is -0.0193. The van der Waals surface area contributed by atoms with Gasteiger partial charge in [0.2, 0.25) is 5.95 Å². The molecule has 0 spiro atoms. The number of hydrogen-bond acceptors (Lipinski definition) is 11. The van der Waals surface area contributed by atoms with Crippen molar-refractivity contribution in [2.24, 2.45) is 0 Å². The largest absolute Gasteiger partial charge is 0.504 e. The highest BCUT2D eigenvalue weighted by Gasteiger charge is 2.44. The molecule has 4 atom stereocenters. The van der Waals surface area contributed by atoms with Crippen LogP contribution in [0, 0.1) is 0 Å². The van der Waals surface area contributed by atoms with Crippen molar-refractivity contribution in [3.05, 3.63) is 30.1 Å². The number of nitrogens with two attached hydrogens (primary N) is 1. The Morgan fingerprint density at radius 2 is 1.93 bits per heavy atom. The topological polar surface area (TPSA) is 192 Å². The van der Waals surface area contributed by atoms with Gasteiger partial charge in [-0.05, 0) is 24.1 Å². The van der Waals surface area contributed by atoms with Crippen LogP contribution in [0.2, 0.25) is 0 Å². The number of aromatic hydroxyl groups is 2. The quantitative estimate of drug-likeness (QED) is 0.245.